The van der Waals surface area contributed by atoms with Crippen LogP contribution < -0.4 is 19.8 Å². The van der Waals surface area contributed by atoms with Crippen LogP contribution in [0.3, 0.4) is 0 Å². The smallest absolute Gasteiger partial charge is 0.344 e. The van der Waals surface area contributed by atoms with E-state index in [0.717, 1.165) is 0 Å². The van der Waals surface area contributed by atoms with Crippen LogP contribution in [0.5, 0.6) is 5.75 Å². The number of nitrogens with one attached hydrogen (secondary N) is 1. The van der Waals surface area contributed by atoms with Crippen LogP contribution in [0.2, 0.25) is 13.3 Å². The summed E-state index contributed by atoms with van der Waals surface area (Å²) in [6.45, 7) is 6.78. The first-order valence-electron chi connectivity index (χ1n) is 12.6. The fraction of sp³-hybridized carbons (Fsp3) is 0.462. The van der Waals surface area contributed by atoms with Gasteiger partial charge in [-0.2, -0.15) is 0 Å². The molecule has 0 spiro atoms. The van der Waals surface area contributed by atoms with E-state index in [0.29, 0.717) is 22.3 Å². The third-order valence-electron chi connectivity index (χ3n) is 6.70. The topological polar surface area (TPSA) is 148 Å². The molecule has 36 heavy (non-hydrogen) atoms. The van der Waals surface area contributed by atoms with Gasteiger partial charge in [0.1, 0.15) is 0 Å². The van der Waals surface area contributed by atoms with Crippen molar-refractivity contribution < 1.29 is 18.9 Å². The first-order chi connectivity index (χ1) is 16.7. The maximum Gasteiger partial charge on any atom is -0.344 e. The Morgan fingerprint density at radius 1 is 0.917 bits per heavy atom. The Balaban J connectivity index is 0.00000456. The predicted molar refractivity (Wildman–Crippen MR) is 150 cm³/mol. The van der Waals surface area contributed by atoms with Crippen molar-refractivity contribution in [2.24, 2.45) is 0 Å². The minimum atomic E-state index is -4.62. The van der Waals surface area contributed by atoms with Crippen LogP contribution in [-0.4, -0.2) is 38.1 Å². The zero-order valence-corrected chi connectivity index (χ0v) is 25.4. The standard InChI is InChI=1S/C14H10N2O5P.3C4H9.H3N.Sn/c17-14-11-3-1-2-4-12(11)15-13(16-14)9-5-7-10(8-6-9)21-22(18,19)20;3*1-3-4-2;;/h2-8H,(H,15,16,17)(H2,18,19,20);3*1,3-4H2,2H3;1H3;. The Morgan fingerprint density at radius 2 is 1.47 bits per heavy atom. The van der Waals surface area contributed by atoms with Gasteiger partial charge in [-0.1, -0.05) is 0 Å². The average molecular weight is 624 g/mol. The summed E-state index contributed by atoms with van der Waals surface area (Å²) in [6.07, 6.45) is 7.39. The number of nitrogens with zero attached hydrogens (tertiary/aromatic N) is 1. The number of phosphoric acid groups is 1. The van der Waals surface area contributed by atoms with Crippen LogP contribution in [0.4, 0.5) is 0 Å². The third-order valence-corrected chi connectivity index (χ3v) is 22.8. The van der Waals surface area contributed by atoms with E-state index in [-0.39, 0.29) is 17.5 Å². The number of hydrogen-bond acceptors (Lipinski definition) is 5. The van der Waals surface area contributed by atoms with Crippen LogP contribution in [0.25, 0.3) is 22.3 Å². The monoisotopic (exact) mass is 625 g/mol. The number of aromatic nitrogens is 2. The van der Waals surface area contributed by atoms with Crippen molar-refractivity contribution in [1.29, 1.82) is 0 Å². The van der Waals surface area contributed by atoms with Gasteiger partial charge >= 0.3 is 198 Å². The van der Waals surface area contributed by atoms with Gasteiger partial charge in [-0.25, -0.2) is 4.57 Å². The summed E-state index contributed by atoms with van der Waals surface area (Å²) in [5, 5.41) is 0.637. The summed E-state index contributed by atoms with van der Waals surface area (Å²) in [7, 11) is -4.62. The van der Waals surface area contributed by atoms with Crippen LogP contribution in [0.1, 0.15) is 59.3 Å². The molecule has 2 aromatic carbocycles. The van der Waals surface area contributed by atoms with Gasteiger partial charge in [0.2, 0.25) is 0 Å². The predicted octanol–water partition coefficient (Wildman–Crippen LogP) is 6.28. The molecule has 0 aliphatic carbocycles. The van der Waals surface area contributed by atoms with Crippen molar-refractivity contribution in [3.8, 4) is 17.1 Å². The minimum absolute atomic E-state index is 0. The van der Waals surface area contributed by atoms with E-state index in [1.165, 1.54) is 67.5 Å². The molecule has 0 saturated carbocycles. The fourth-order valence-corrected chi connectivity index (χ4v) is 21.1. The molecular formula is C26H40N3O5PSn. The maximum absolute atomic E-state index is 13.1. The molecule has 8 nitrogen and oxygen atoms in total. The van der Waals surface area contributed by atoms with Crippen molar-refractivity contribution in [3.63, 3.8) is 0 Å². The summed E-state index contributed by atoms with van der Waals surface area (Å²) in [5.74, 6) is 0.459. The van der Waals surface area contributed by atoms with Crippen molar-refractivity contribution in [2.75, 3.05) is 0 Å². The summed E-state index contributed by atoms with van der Waals surface area (Å²) < 4.78 is 21.1. The van der Waals surface area contributed by atoms with Gasteiger partial charge in [0, 0.05) is 0 Å². The van der Waals surface area contributed by atoms with E-state index in [2.05, 4.69) is 42.4 Å². The minimum Gasteiger partial charge on any atom is -0.344 e. The second-order valence-corrected chi connectivity index (χ2v) is 23.7. The van der Waals surface area contributed by atoms with Crippen LogP contribution in [-0.2, 0) is 4.57 Å². The molecule has 0 unspecified atom stereocenters. The van der Waals surface area contributed by atoms with E-state index in [1.807, 2.05) is 6.07 Å². The number of benzene rings is 2. The normalized spacial score (nSPS) is 11.9. The molecule has 0 aliphatic heterocycles. The second-order valence-electron chi connectivity index (χ2n) is 9.34. The van der Waals surface area contributed by atoms with Crippen LogP contribution in [0.15, 0.2) is 47.3 Å². The summed E-state index contributed by atoms with van der Waals surface area (Å²) in [6, 6.07) is 12.5. The second kappa shape index (κ2) is 13.7. The van der Waals surface area contributed by atoms with Crippen molar-refractivity contribution in [3.05, 3.63) is 52.8 Å². The van der Waals surface area contributed by atoms with Gasteiger partial charge in [-0.05, 0) is 0 Å². The van der Waals surface area contributed by atoms with Crippen LogP contribution >= 0.6 is 7.82 Å². The number of hydrogen-bond donors (Lipinski definition) is 4. The summed E-state index contributed by atoms with van der Waals surface area (Å²) >= 11 is -2.67. The van der Waals surface area contributed by atoms with Crippen LogP contribution in [0, 0.1) is 0 Å². The van der Waals surface area contributed by atoms with Crippen molar-refractivity contribution in [2.45, 2.75) is 72.6 Å². The summed E-state index contributed by atoms with van der Waals surface area (Å²) in [4.78, 5) is 38.7. The Labute approximate surface area is 217 Å². The molecule has 6 N–H and O–H groups in total. The number of H-pyrrole nitrogens is 1. The number of aromatic amines is 1. The molecule has 0 aliphatic rings. The Kier molecular flexibility index (Phi) is 11.6. The molecule has 0 bridgehead atoms. The molecule has 0 radical (unpaired) electrons. The number of rotatable bonds is 13. The van der Waals surface area contributed by atoms with Crippen molar-refractivity contribution >= 4 is 40.7 Å². The third kappa shape index (κ3) is 7.89. The number of fused-ring (bicyclic) bond motifs is 1. The van der Waals surface area contributed by atoms with Gasteiger partial charge in [0.15, 0.2) is 0 Å². The van der Waals surface area contributed by atoms with E-state index in [9.17, 15) is 9.36 Å². The largest absolute Gasteiger partial charge is 0.344 e. The van der Waals surface area contributed by atoms with Gasteiger partial charge < -0.3 is 6.15 Å². The first-order valence-corrected chi connectivity index (χ1v) is 21.6. The van der Waals surface area contributed by atoms with Crippen molar-refractivity contribution in [1.82, 2.24) is 16.1 Å². The molecule has 3 aromatic rings. The quantitative estimate of drug-likeness (QED) is 0.129. The van der Waals surface area contributed by atoms with Gasteiger partial charge in [-0.3, -0.25) is 9.79 Å². The molecule has 1 aromatic heterocycles. The zero-order valence-electron chi connectivity index (χ0n) is 21.6. The Morgan fingerprint density at radius 3 is 1.97 bits per heavy atom. The van der Waals surface area contributed by atoms with E-state index in [1.54, 1.807) is 12.1 Å². The number of phosphoric ester groups is 1. The van der Waals surface area contributed by atoms with E-state index < -0.39 is 26.2 Å². The van der Waals surface area contributed by atoms with E-state index in [4.69, 9.17) is 14.8 Å². The molecule has 0 fully saturated rings. The molecule has 3 rings (SSSR count). The molecule has 0 saturated heterocycles. The Hall–Kier alpha value is -1.71. The molecule has 0 amide bonds. The molecular weight excluding hydrogens is 584 g/mol. The van der Waals surface area contributed by atoms with Gasteiger partial charge in [0.05, 0.1) is 0 Å². The fourth-order valence-electron chi connectivity index (χ4n) is 4.77. The molecule has 1 heterocycles. The SMILES string of the molecule is CCC[CH2][Sn]([CH2]CCC)([CH2]CCC)[c]1ccc2nc(-c3ccc(OP(=O)(O)O)cc3)[nH]c(=O)c2c1.N. The first kappa shape index (κ1) is 30.5. The van der Waals surface area contributed by atoms with Gasteiger partial charge in [-0.15, -0.1) is 0 Å². The Bertz CT molecular complexity index is 1200. The average Bonchev–Trinajstić information content (AvgIpc) is 2.83. The zero-order chi connectivity index (χ0) is 25.5. The van der Waals surface area contributed by atoms with Gasteiger partial charge in [0.25, 0.3) is 0 Å². The summed E-state index contributed by atoms with van der Waals surface area (Å²) in [5.41, 5.74) is 1.13. The molecule has 10 heteroatoms. The molecule has 198 valence electrons. The maximum atomic E-state index is 13.1. The number of unbranched alkanes of at least 4 members (excludes halogenated alkanes) is 3. The van der Waals surface area contributed by atoms with E-state index >= 15 is 0 Å². The molecule has 0 atom stereocenters.